The van der Waals surface area contributed by atoms with Crippen LogP contribution in [0, 0.1) is 13.8 Å². The second kappa shape index (κ2) is 6.24. The van der Waals surface area contributed by atoms with E-state index < -0.39 is 0 Å². The van der Waals surface area contributed by atoms with Gasteiger partial charge in [-0.25, -0.2) is 9.78 Å². The summed E-state index contributed by atoms with van der Waals surface area (Å²) in [7, 11) is 0. The van der Waals surface area contributed by atoms with Crippen LogP contribution in [0.3, 0.4) is 0 Å². The lowest BCUT2D eigenvalue weighted by Gasteiger charge is -2.12. The van der Waals surface area contributed by atoms with Gasteiger partial charge in [-0.05, 0) is 37.1 Å². The zero-order chi connectivity index (χ0) is 16.4. The van der Waals surface area contributed by atoms with Gasteiger partial charge in [-0.1, -0.05) is 37.3 Å². The van der Waals surface area contributed by atoms with Crippen molar-refractivity contribution in [2.45, 2.75) is 33.7 Å². The molecule has 0 N–H and O–H groups in total. The highest BCUT2D eigenvalue weighted by atomic mass is 16.5. The number of para-hydroxylation sites is 3. The summed E-state index contributed by atoms with van der Waals surface area (Å²) in [4.78, 5) is 17.0. The van der Waals surface area contributed by atoms with Gasteiger partial charge in [0.1, 0.15) is 18.1 Å². The van der Waals surface area contributed by atoms with E-state index in [9.17, 15) is 4.79 Å². The van der Waals surface area contributed by atoms with Gasteiger partial charge in [-0.2, -0.15) is 0 Å². The first-order valence-electron chi connectivity index (χ1n) is 7.81. The fraction of sp³-hybridized carbons (Fsp3) is 0.263. The Kier molecular flexibility index (Phi) is 4.15. The lowest BCUT2D eigenvalue weighted by atomic mass is 10.1. The second-order valence-electron chi connectivity index (χ2n) is 5.65. The molecule has 2 aromatic carbocycles. The number of hydrogen-bond donors (Lipinski definition) is 0. The highest BCUT2D eigenvalue weighted by Crippen LogP contribution is 2.23. The van der Waals surface area contributed by atoms with E-state index >= 15 is 0 Å². The molecule has 0 saturated carbocycles. The third-order valence-corrected chi connectivity index (χ3v) is 3.96. The van der Waals surface area contributed by atoms with Crippen molar-refractivity contribution in [2.24, 2.45) is 0 Å². The van der Waals surface area contributed by atoms with Gasteiger partial charge in [0.05, 0.1) is 11.0 Å². The SMILES string of the molecule is CCc1nc2ccccc2n1CC(=O)Oc1c(C)cccc1C. The molecule has 0 aliphatic rings. The molecule has 23 heavy (non-hydrogen) atoms. The van der Waals surface area contributed by atoms with Crippen molar-refractivity contribution in [2.75, 3.05) is 0 Å². The molecule has 1 heterocycles. The second-order valence-corrected chi connectivity index (χ2v) is 5.65. The van der Waals surface area contributed by atoms with Gasteiger partial charge in [0, 0.05) is 6.42 Å². The minimum absolute atomic E-state index is 0.164. The molecule has 3 rings (SSSR count). The maximum absolute atomic E-state index is 12.4. The monoisotopic (exact) mass is 308 g/mol. The number of benzene rings is 2. The first kappa shape index (κ1) is 15.3. The summed E-state index contributed by atoms with van der Waals surface area (Å²) in [5.74, 6) is 1.27. The molecule has 0 atom stereocenters. The van der Waals surface area contributed by atoms with Gasteiger partial charge in [0.15, 0.2) is 0 Å². The van der Waals surface area contributed by atoms with Crippen molar-refractivity contribution >= 4 is 17.0 Å². The highest BCUT2D eigenvalue weighted by molar-refractivity contribution is 5.80. The van der Waals surface area contributed by atoms with E-state index in [0.29, 0.717) is 5.75 Å². The minimum atomic E-state index is -0.278. The van der Waals surface area contributed by atoms with Crippen LogP contribution >= 0.6 is 0 Å². The third kappa shape index (κ3) is 2.97. The molecular weight excluding hydrogens is 288 g/mol. The summed E-state index contributed by atoms with van der Waals surface area (Å²) in [5, 5.41) is 0. The Bertz CT molecular complexity index is 845. The Morgan fingerprint density at radius 2 is 1.78 bits per heavy atom. The molecule has 4 nitrogen and oxygen atoms in total. The molecule has 0 unspecified atom stereocenters. The first-order valence-corrected chi connectivity index (χ1v) is 7.81. The Labute approximate surface area is 135 Å². The van der Waals surface area contributed by atoms with E-state index in [2.05, 4.69) is 4.98 Å². The van der Waals surface area contributed by atoms with Crippen LogP contribution in [0.5, 0.6) is 5.75 Å². The Morgan fingerprint density at radius 1 is 1.09 bits per heavy atom. The molecule has 118 valence electrons. The number of imidazole rings is 1. The van der Waals surface area contributed by atoms with Crippen molar-refractivity contribution in [1.82, 2.24) is 9.55 Å². The molecular formula is C19H20N2O2. The molecule has 4 heteroatoms. The number of hydrogen-bond acceptors (Lipinski definition) is 3. The average Bonchev–Trinajstić information content (AvgIpc) is 2.89. The summed E-state index contributed by atoms with van der Waals surface area (Å²) in [6.07, 6.45) is 0.769. The van der Waals surface area contributed by atoms with Crippen molar-refractivity contribution < 1.29 is 9.53 Å². The zero-order valence-corrected chi connectivity index (χ0v) is 13.7. The summed E-state index contributed by atoms with van der Waals surface area (Å²) < 4.78 is 7.55. The predicted molar refractivity (Wildman–Crippen MR) is 90.7 cm³/mol. The number of ether oxygens (including phenoxy) is 1. The van der Waals surface area contributed by atoms with E-state index in [4.69, 9.17) is 4.74 Å². The van der Waals surface area contributed by atoms with Gasteiger partial charge < -0.3 is 9.30 Å². The molecule has 1 aromatic heterocycles. The number of carbonyl (C=O) groups excluding carboxylic acids is 1. The fourth-order valence-corrected chi connectivity index (χ4v) is 2.81. The van der Waals surface area contributed by atoms with E-state index in [1.54, 1.807) is 0 Å². The maximum atomic E-state index is 12.4. The van der Waals surface area contributed by atoms with E-state index in [1.807, 2.05) is 67.8 Å². The smallest absolute Gasteiger partial charge is 0.331 e. The Morgan fingerprint density at radius 3 is 2.48 bits per heavy atom. The first-order chi connectivity index (χ1) is 11.1. The van der Waals surface area contributed by atoms with Crippen molar-refractivity contribution in [1.29, 1.82) is 0 Å². The van der Waals surface area contributed by atoms with Crippen LogP contribution < -0.4 is 4.74 Å². The molecule has 0 amide bonds. The lowest BCUT2D eigenvalue weighted by Crippen LogP contribution is -2.18. The van der Waals surface area contributed by atoms with E-state index in [-0.39, 0.29) is 12.5 Å². The van der Waals surface area contributed by atoms with Crippen molar-refractivity contribution in [3.8, 4) is 5.75 Å². The number of nitrogens with zero attached hydrogens (tertiary/aromatic N) is 2. The molecule has 0 bridgehead atoms. The number of aromatic nitrogens is 2. The van der Waals surface area contributed by atoms with Gasteiger partial charge in [0.25, 0.3) is 0 Å². The fourth-order valence-electron chi connectivity index (χ4n) is 2.81. The molecule has 0 fully saturated rings. The summed E-state index contributed by atoms with van der Waals surface area (Å²) >= 11 is 0. The predicted octanol–water partition coefficient (Wildman–Crippen LogP) is 3.82. The minimum Gasteiger partial charge on any atom is -0.425 e. The molecule has 0 aliphatic heterocycles. The normalized spacial score (nSPS) is 10.9. The molecule has 0 spiro atoms. The Balaban J connectivity index is 1.89. The zero-order valence-electron chi connectivity index (χ0n) is 13.7. The molecule has 0 radical (unpaired) electrons. The topological polar surface area (TPSA) is 44.1 Å². The molecule has 3 aromatic rings. The Hall–Kier alpha value is -2.62. The van der Waals surface area contributed by atoms with Crippen LogP contribution in [0.4, 0.5) is 0 Å². The van der Waals surface area contributed by atoms with Crippen LogP contribution in [0.25, 0.3) is 11.0 Å². The van der Waals surface area contributed by atoms with Gasteiger partial charge in [0.2, 0.25) is 0 Å². The van der Waals surface area contributed by atoms with Gasteiger partial charge in [-0.15, -0.1) is 0 Å². The van der Waals surface area contributed by atoms with Crippen molar-refractivity contribution in [3.63, 3.8) is 0 Å². The van der Waals surface area contributed by atoms with Crippen LogP contribution in [-0.2, 0) is 17.8 Å². The number of carbonyl (C=O) groups is 1. The number of esters is 1. The van der Waals surface area contributed by atoms with Crippen molar-refractivity contribution in [3.05, 3.63) is 59.4 Å². The quantitative estimate of drug-likeness (QED) is 0.543. The van der Waals surface area contributed by atoms with Crippen LogP contribution in [0.1, 0.15) is 23.9 Å². The van der Waals surface area contributed by atoms with Gasteiger partial charge in [-0.3, -0.25) is 0 Å². The standard InChI is InChI=1S/C19H20N2O2/c1-4-17-20-15-10-5-6-11-16(15)21(17)12-18(22)23-19-13(2)8-7-9-14(19)3/h5-11H,4,12H2,1-3H3. The number of aryl methyl sites for hydroxylation is 3. The van der Waals surface area contributed by atoms with Gasteiger partial charge >= 0.3 is 5.97 Å². The molecule has 0 saturated heterocycles. The highest BCUT2D eigenvalue weighted by Gasteiger charge is 2.15. The molecule has 0 aliphatic carbocycles. The van der Waals surface area contributed by atoms with Crippen LogP contribution in [-0.4, -0.2) is 15.5 Å². The van der Waals surface area contributed by atoms with E-state index in [0.717, 1.165) is 34.4 Å². The average molecular weight is 308 g/mol. The summed E-state index contributed by atoms with van der Waals surface area (Å²) in [6.45, 7) is 6.09. The summed E-state index contributed by atoms with van der Waals surface area (Å²) in [6, 6.07) is 13.7. The summed E-state index contributed by atoms with van der Waals surface area (Å²) in [5.41, 5.74) is 3.79. The number of fused-ring (bicyclic) bond motifs is 1. The van der Waals surface area contributed by atoms with E-state index in [1.165, 1.54) is 0 Å². The largest absolute Gasteiger partial charge is 0.425 e. The number of rotatable bonds is 4. The maximum Gasteiger partial charge on any atom is 0.331 e. The van der Waals surface area contributed by atoms with Crippen LogP contribution in [0.15, 0.2) is 42.5 Å². The third-order valence-electron chi connectivity index (χ3n) is 3.96. The lowest BCUT2D eigenvalue weighted by molar-refractivity contribution is -0.135. The van der Waals surface area contributed by atoms with Crippen LogP contribution in [0.2, 0.25) is 0 Å².